The fraction of sp³-hybridized carbons (Fsp3) is 0.211. The lowest BCUT2D eigenvalue weighted by Gasteiger charge is -2.32. The van der Waals surface area contributed by atoms with Crippen LogP contribution in [0.5, 0.6) is 17.2 Å². The zero-order valence-electron chi connectivity index (χ0n) is 13.4. The van der Waals surface area contributed by atoms with Gasteiger partial charge in [-0.3, -0.25) is 4.79 Å². The average Bonchev–Trinajstić information content (AvgIpc) is 3.29. The van der Waals surface area contributed by atoms with E-state index in [-0.39, 0.29) is 12.6 Å². The van der Waals surface area contributed by atoms with Crippen molar-refractivity contribution in [2.45, 2.75) is 12.2 Å². The number of hydrogen-bond donors (Lipinski definition) is 0. The largest absolute Gasteiger partial charge is 0.481 e. The van der Waals surface area contributed by atoms with Gasteiger partial charge in [0.1, 0.15) is 11.3 Å². The fourth-order valence-corrected chi connectivity index (χ4v) is 3.38. The number of carbonyl (C=O) groups excluding carboxylic acids is 1. The number of fused-ring (bicyclic) bond motifs is 4. The summed E-state index contributed by atoms with van der Waals surface area (Å²) in [5.41, 5.74) is 1.96. The van der Waals surface area contributed by atoms with Gasteiger partial charge < -0.3 is 23.4 Å². The Morgan fingerprint density at radius 3 is 2.84 bits per heavy atom. The van der Waals surface area contributed by atoms with Crippen LogP contribution in [0.15, 0.2) is 47.1 Å². The molecule has 6 heteroatoms. The Balaban J connectivity index is 1.65. The molecule has 0 saturated heterocycles. The smallest absolute Gasteiger partial charge is 0.231 e. The zero-order chi connectivity index (χ0) is 17.0. The maximum Gasteiger partial charge on any atom is 0.231 e. The molecule has 25 heavy (non-hydrogen) atoms. The number of hydrogen-bond acceptors (Lipinski definition) is 6. The van der Waals surface area contributed by atoms with Gasteiger partial charge in [0.15, 0.2) is 29.5 Å². The minimum Gasteiger partial charge on any atom is -0.481 e. The van der Waals surface area contributed by atoms with Crippen LogP contribution in [-0.2, 0) is 4.74 Å². The van der Waals surface area contributed by atoms with Gasteiger partial charge in [0.2, 0.25) is 6.79 Å². The standard InChI is InChI=1S/C19H14O6/c1-21-19-16(20)12-3-5-13-11(6-7-22-13)18(12)25-17(19)10-2-4-14-15(8-10)24-9-23-14/h2-8,17,19H,9H2,1H3. The Bertz CT molecular complexity index is 989. The molecule has 6 nitrogen and oxygen atoms in total. The summed E-state index contributed by atoms with van der Waals surface area (Å²) in [4.78, 5) is 12.9. The van der Waals surface area contributed by atoms with Crippen molar-refractivity contribution in [2.24, 2.45) is 0 Å². The molecule has 0 amide bonds. The van der Waals surface area contributed by atoms with Crippen molar-refractivity contribution in [3.8, 4) is 17.2 Å². The molecule has 2 atom stereocenters. The summed E-state index contributed by atoms with van der Waals surface area (Å²) in [5, 5.41) is 0.770. The van der Waals surface area contributed by atoms with Gasteiger partial charge in [-0.05, 0) is 35.9 Å². The summed E-state index contributed by atoms with van der Waals surface area (Å²) in [6, 6.07) is 10.8. The molecule has 3 aromatic rings. The van der Waals surface area contributed by atoms with E-state index in [0.717, 1.165) is 10.9 Å². The van der Waals surface area contributed by atoms with Gasteiger partial charge in [-0.15, -0.1) is 0 Å². The van der Waals surface area contributed by atoms with Crippen LogP contribution in [0.3, 0.4) is 0 Å². The van der Waals surface area contributed by atoms with Crippen molar-refractivity contribution in [3.63, 3.8) is 0 Å². The maximum absolute atomic E-state index is 12.9. The molecule has 1 aromatic heterocycles. The summed E-state index contributed by atoms with van der Waals surface area (Å²) < 4.78 is 27.9. The first-order chi connectivity index (χ1) is 12.3. The number of Topliss-reactive ketones (excluding diaryl/α,β-unsaturated/α-hetero) is 1. The van der Waals surface area contributed by atoms with Gasteiger partial charge in [-0.2, -0.15) is 0 Å². The van der Waals surface area contributed by atoms with E-state index in [1.807, 2.05) is 18.2 Å². The Hall–Kier alpha value is -2.99. The third-order valence-corrected chi connectivity index (χ3v) is 4.61. The minimum absolute atomic E-state index is 0.116. The second-order valence-electron chi connectivity index (χ2n) is 5.95. The number of methoxy groups -OCH3 is 1. The van der Waals surface area contributed by atoms with Gasteiger partial charge in [0.25, 0.3) is 0 Å². The van der Waals surface area contributed by atoms with Crippen LogP contribution >= 0.6 is 0 Å². The summed E-state index contributed by atoms with van der Waals surface area (Å²) in [6.45, 7) is 0.190. The number of rotatable bonds is 2. The molecule has 0 aliphatic carbocycles. The van der Waals surface area contributed by atoms with Crippen molar-refractivity contribution in [1.82, 2.24) is 0 Å². The molecule has 126 valence electrons. The van der Waals surface area contributed by atoms with Gasteiger partial charge in [0, 0.05) is 7.11 Å². The first-order valence-corrected chi connectivity index (χ1v) is 7.89. The van der Waals surface area contributed by atoms with Crippen molar-refractivity contribution < 1.29 is 28.2 Å². The second-order valence-corrected chi connectivity index (χ2v) is 5.95. The average molecular weight is 338 g/mol. The third kappa shape index (κ3) is 2.04. The molecule has 0 spiro atoms. The fourth-order valence-electron chi connectivity index (χ4n) is 3.38. The number of ether oxygens (including phenoxy) is 4. The van der Waals surface area contributed by atoms with Crippen LogP contribution in [0, 0.1) is 0 Å². The number of furan rings is 1. The van der Waals surface area contributed by atoms with E-state index in [0.29, 0.717) is 28.4 Å². The summed E-state index contributed by atoms with van der Waals surface area (Å²) >= 11 is 0. The molecule has 0 radical (unpaired) electrons. The van der Waals surface area contributed by atoms with Gasteiger partial charge in [-0.25, -0.2) is 0 Å². The van der Waals surface area contributed by atoms with E-state index >= 15 is 0 Å². The normalized spacial score (nSPS) is 21.2. The Kier molecular flexibility index (Phi) is 3.02. The molecule has 2 aliphatic heterocycles. The quantitative estimate of drug-likeness (QED) is 0.712. The van der Waals surface area contributed by atoms with Crippen molar-refractivity contribution >= 4 is 16.8 Å². The number of carbonyl (C=O) groups is 1. The first-order valence-electron chi connectivity index (χ1n) is 7.89. The molecular formula is C19H14O6. The molecule has 0 bridgehead atoms. The monoisotopic (exact) mass is 338 g/mol. The van der Waals surface area contributed by atoms with E-state index in [2.05, 4.69) is 0 Å². The van der Waals surface area contributed by atoms with Crippen LogP contribution in [0.4, 0.5) is 0 Å². The molecular weight excluding hydrogens is 324 g/mol. The second kappa shape index (κ2) is 5.26. The van der Waals surface area contributed by atoms with E-state index in [1.165, 1.54) is 7.11 Å². The first kappa shape index (κ1) is 14.4. The van der Waals surface area contributed by atoms with Crippen LogP contribution in [-0.4, -0.2) is 25.8 Å². The van der Waals surface area contributed by atoms with Crippen molar-refractivity contribution in [3.05, 3.63) is 53.8 Å². The zero-order valence-corrected chi connectivity index (χ0v) is 13.4. The van der Waals surface area contributed by atoms with E-state index in [4.69, 9.17) is 23.4 Å². The SMILES string of the molecule is COC1C(=O)c2ccc3occc3c2OC1c1ccc2c(c1)OCO2. The lowest BCUT2D eigenvalue weighted by atomic mass is 9.92. The molecule has 3 heterocycles. The van der Waals surface area contributed by atoms with E-state index < -0.39 is 12.2 Å². The number of benzene rings is 2. The van der Waals surface area contributed by atoms with Crippen molar-refractivity contribution in [2.75, 3.05) is 13.9 Å². The summed E-state index contributed by atoms with van der Waals surface area (Å²) in [5.74, 6) is 1.72. The van der Waals surface area contributed by atoms with E-state index in [9.17, 15) is 4.79 Å². The Labute approximate surface area is 142 Å². The third-order valence-electron chi connectivity index (χ3n) is 4.61. The van der Waals surface area contributed by atoms with Crippen LogP contribution < -0.4 is 14.2 Å². The molecule has 0 N–H and O–H groups in total. The molecule has 2 aliphatic rings. The van der Waals surface area contributed by atoms with Crippen LogP contribution in [0.2, 0.25) is 0 Å². The van der Waals surface area contributed by atoms with E-state index in [1.54, 1.807) is 24.5 Å². The lowest BCUT2D eigenvalue weighted by Crippen LogP contribution is -2.37. The predicted octanol–water partition coefficient (Wildman–Crippen LogP) is 3.49. The Morgan fingerprint density at radius 2 is 1.96 bits per heavy atom. The Morgan fingerprint density at radius 1 is 1.08 bits per heavy atom. The highest BCUT2D eigenvalue weighted by Crippen LogP contribution is 2.43. The molecule has 2 aromatic carbocycles. The molecule has 0 fully saturated rings. The van der Waals surface area contributed by atoms with Gasteiger partial charge >= 0.3 is 0 Å². The molecule has 2 unspecified atom stereocenters. The van der Waals surface area contributed by atoms with Crippen molar-refractivity contribution in [1.29, 1.82) is 0 Å². The van der Waals surface area contributed by atoms with Crippen LogP contribution in [0.25, 0.3) is 11.0 Å². The number of ketones is 1. The summed E-state index contributed by atoms with van der Waals surface area (Å²) in [6.07, 6.45) is 0.258. The molecule has 0 saturated carbocycles. The van der Waals surface area contributed by atoms with Gasteiger partial charge in [0.05, 0.1) is 17.2 Å². The topological polar surface area (TPSA) is 67.1 Å². The predicted molar refractivity (Wildman–Crippen MR) is 87.3 cm³/mol. The van der Waals surface area contributed by atoms with Crippen LogP contribution in [0.1, 0.15) is 22.0 Å². The molecule has 5 rings (SSSR count). The van der Waals surface area contributed by atoms with Gasteiger partial charge in [-0.1, -0.05) is 6.07 Å². The minimum atomic E-state index is -0.739. The summed E-state index contributed by atoms with van der Waals surface area (Å²) in [7, 11) is 1.51. The maximum atomic E-state index is 12.9. The lowest BCUT2D eigenvalue weighted by molar-refractivity contribution is 0.0000109. The highest BCUT2D eigenvalue weighted by Gasteiger charge is 2.40. The highest BCUT2D eigenvalue weighted by molar-refractivity contribution is 6.07. The highest BCUT2D eigenvalue weighted by atomic mass is 16.7.